The van der Waals surface area contributed by atoms with Crippen LogP contribution < -0.4 is 10.6 Å². The van der Waals surface area contributed by atoms with Crippen molar-refractivity contribution < 1.29 is 28.1 Å². The molecule has 0 fully saturated rings. The van der Waals surface area contributed by atoms with Crippen molar-refractivity contribution in [1.29, 1.82) is 0 Å². The number of hydrogen-bond acceptors (Lipinski definition) is 6. The standard InChI is InChI=1S/C14H29FN2O5/c1-13(14(15)11-17-12-18)22-10-9-21-8-7-20-6-5-19-4-3-16-2/h12-14,16H,3-11H2,1-2H3,(H,17,18). The minimum atomic E-state index is -1.23. The van der Waals surface area contributed by atoms with Crippen LogP contribution in [0.2, 0.25) is 0 Å². The predicted molar refractivity (Wildman–Crippen MR) is 80.8 cm³/mol. The second-order valence-electron chi connectivity index (χ2n) is 4.56. The van der Waals surface area contributed by atoms with Crippen LogP contribution in [0.25, 0.3) is 0 Å². The largest absolute Gasteiger partial charge is 0.378 e. The van der Waals surface area contributed by atoms with Crippen molar-refractivity contribution >= 4 is 6.41 Å². The Morgan fingerprint density at radius 2 is 1.55 bits per heavy atom. The molecule has 132 valence electrons. The molecule has 0 bridgehead atoms. The maximum Gasteiger partial charge on any atom is 0.207 e. The van der Waals surface area contributed by atoms with Gasteiger partial charge in [-0.05, 0) is 14.0 Å². The fourth-order valence-electron chi connectivity index (χ4n) is 1.44. The molecule has 0 saturated heterocycles. The van der Waals surface area contributed by atoms with E-state index in [-0.39, 0.29) is 6.54 Å². The van der Waals surface area contributed by atoms with Crippen molar-refractivity contribution in [3.05, 3.63) is 0 Å². The zero-order valence-electron chi connectivity index (χ0n) is 13.5. The second-order valence-corrected chi connectivity index (χ2v) is 4.56. The van der Waals surface area contributed by atoms with Gasteiger partial charge < -0.3 is 29.6 Å². The summed E-state index contributed by atoms with van der Waals surface area (Å²) in [6, 6.07) is 0. The van der Waals surface area contributed by atoms with Gasteiger partial charge in [-0.15, -0.1) is 0 Å². The molecule has 0 heterocycles. The summed E-state index contributed by atoms with van der Waals surface area (Å²) in [6.45, 7) is 5.79. The van der Waals surface area contributed by atoms with Gasteiger partial charge >= 0.3 is 0 Å². The van der Waals surface area contributed by atoms with Crippen LogP contribution in [0.4, 0.5) is 4.39 Å². The summed E-state index contributed by atoms with van der Waals surface area (Å²) in [5.41, 5.74) is 0. The first kappa shape index (κ1) is 21.2. The number of ether oxygens (including phenoxy) is 4. The summed E-state index contributed by atoms with van der Waals surface area (Å²) >= 11 is 0. The molecule has 2 atom stereocenters. The number of rotatable bonds is 17. The molecule has 8 heteroatoms. The molecular weight excluding hydrogens is 295 g/mol. The molecule has 2 unspecified atom stereocenters. The lowest BCUT2D eigenvalue weighted by atomic mass is 10.2. The first-order chi connectivity index (χ1) is 10.7. The van der Waals surface area contributed by atoms with Crippen molar-refractivity contribution in [1.82, 2.24) is 10.6 Å². The smallest absolute Gasteiger partial charge is 0.207 e. The van der Waals surface area contributed by atoms with E-state index >= 15 is 0 Å². The highest BCUT2D eigenvalue weighted by Crippen LogP contribution is 2.02. The Labute approximate surface area is 131 Å². The van der Waals surface area contributed by atoms with E-state index in [0.717, 1.165) is 6.54 Å². The number of carbonyl (C=O) groups excluding carboxylic acids is 1. The van der Waals surface area contributed by atoms with E-state index in [9.17, 15) is 9.18 Å². The molecule has 2 N–H and O–H groups in total. The first-order valence-electron chi connectivity index (χ1n) is 7.53. The molecule has 0 aromatic carbocycles. The van der Waals surface area contributed by atoms with E-state index in [1.807, 2.05) is 7.05 Å². The number of alkyl halides is 1. The monoisotopic (exact) mass is 324 g/mol. The normalized spacial score (nSPS) is 13.8. The number of amides is 1. The molecule has 0 spiro atoms. The van der Waals surface area contributed by atoms with Gasteiger partial charge in [-0.3, -0.25) is 4.79 Å². The zero-order chi connectivity index (χ0) is 16.5. The predicted octanol–water partition coefficient (Wildman–Crippen LogP) is -0.255. The Balaban J connectivity index is 3.21. The van der Waals surface area contributed by atoms with E-state index in [1.54, 1.807) is 6.92 Å². The van der Waals surface area contributed by atoms with E-state index in [1.165, 1.54) is 0 Å². The topological polar surface area (TPSA) is 78.1 Å². The Morgan fingerprint density at radius 1 is 1.00 bits per heavy atom. The summed E-state index contributed by atoms with van der Waals surface area (Å²) in [5, 5.41) is 5.26. The lowest BCUT2D eigenvalue weighted by Gasteiger charge is -2.17. The van der Waals surface area contributed by atoms with Crippen LogP contribution in [0.5, 0.6) is 0 Å². The molecule has 0 aromatic rings. The Kier molecular flexibility index (Phi) is 16.0. The number of hydrogen-bond donors (Lipinski definition) is 2. The van der Waals surface area contributed by atoms with Crippen molar-refractivity contribution in [2.45, 2.75) is 19.2 Å². The van der Waals surface area contributed by atoms with Gasteiger partial charge in [-0.1, -0.05) is 0 Å². The van der Waals surface area contributed by atoms with Gasteiger partial charge in [0.25, 0.3) is 0 Å². The van der Waals surface area contributed by atoms with E-state index in [0.29, 0.717) is 52.7 Å². The molecule has 0 rings (SSSR count). The fourth-order valence-corrected chi connectivity index (χ4v) is 1.44. The van der Waals surface area contributed by atoms with E-state index in [4.69, 9.17) is 18.9 Å². The van der Waals surface area contributed by atoms with Crippen molar-refractivity contribution in [2.24, 2.45) is 0 Å². The molecule has 0 aliphatic heterocycles. The lowest BCUT2D eigenvalue weighted by Crippen LogP contribution is -2.33. The molecule has 7 nitrogen and oxygen atoms in total. The van der Waals surface area contributed by atoms with Crippen LogP contribution in [0.1, 0.15) is 6.92 Å². The highest BCUT2D eigenvalue weighted by Gasteiger charge is 2.15. The van der Waals surface area contributed by atoms with Crippen molar-refractivity contribution in [3.8, 4) is 0 Å². The van der Waals surface area contributed by atoms with Crippen molar-refractivity contribution in [3.63, 3.8) is 0 Å². The molecule has 0 radical (unpaired) electrons. The van der Waals surface area contributed by atoms with Gasteiger partial charge in [0, 0.05) is 6.54 Å². The molecule has 0 aliphatic rings. The van der Waals surface area contributed by atoms with Gasteiger partial charge in [-0.2, -0.15) is 0 Å². The maximum atomic E-state index is 13.4. The fraction of sp³-hybridized carbons (Fsp3) is 0.929. The molecule has 22 heavy (non-hydrogen) atoms. The van der Waals surface area contributed by atoms with E-state index < -0.39 is 12.3 Å². The third-order valence-corrected chi connectivity index (χ3v) is 2.75. The maximum absolute atomic E-state index is 13.4. The molecule has 0 aliphatic carbocycles. The van der Waals surface area contributed by atoms with Crippen LogP contribution in [0.3, 0.4) is 0 Å². The van der Waals surface area contributed by atoms with Crippen LogP contribution >= 0.6 is 0 Å². The summed E-state index contributed by atoms with van der Waals surface area (Å²) in [6.07, 6.45) is -1.34. The van der Waals surface area contributed by atoms with Crippen LogP contribution in [-0.2, 0) is 23.7 Å². The van der Waals surface area contributed by atoms with Crippen LogP contribution in [-0.4, -0.2) is 85.1 Å². The molecule has 1 amide bonds. The molecular formula is C14H29FN2O5. The lowest BCUT2D eigenvalue weighted by molar-refractivity contribution is -0.110. The summed E-state index contributed by atoms with van der Waals surface area (Å²) < 4.78 is 34.5. The summed E-state index contributed by atoms with van der Waals surface area (Å²) in [4.78, 5) is 10.0. The van der Waals surface area contributed by atoms with E-state index in [2.05, 4.69) is 10.6 Å². The average Bonchev–Trinajstić information content (AvgIpc) is 2.53. The van der Waals surface area contributed by atoms with Crippen LogP contribution in [0, 0.1) is 0 Å². The number of carbonyl (C=O) groups is 1. The Hall–Kier alpha value is -0.800. The SMILES string of the molecule is CNCCOCCOCCOCCOC(C)C(F)CNC=O. The van der Waals surface area contributed by atoms with Gasteiger partial charge in [-0.25, -0.2) is 4.39 Å². The minimum Gasteiger partial charge on any atom is -0.378 e. The minimum absolute atomic E-state index is 0.0459. The number of halogens is 1. The van der Waals surface area contributed by atoms with Gasteiger partial charge in [0.2, 0.25) is 6.41 Å². The van der Waals surface area contributed by atoms with Crippen molar-refractivity contribution in [2.75, 3.05) is 66.4 Å². The first-order valence-corrected chi connectivity index (χ1v) is 7.53. The molecule has 0 saturated carbocycles. The highest BCUT2D eigenvalue weighted by molar-refractivity contribution is 5.45. The summed E-state index contributed by atoms with van der Waals surface area (Å²) in [7, 11) is 1.87. The highest BCUT2D eigenvalue weighted by atomic mass is 19.1. The zero-order valence-corrected chi connectivity index (χ0v) is 13.5. The van der Waals surface area contributed by atoms with Gasteiger partial charge in [0.05, 0.1) is 58.9 Å². The molecule has 0 aromatic heterocycles. The third-order valence-electron chi connectivity index (χ3n) is 2.75. The third kappa shape index (κ3) is 14.2. The van der Waals surface area contributed by atoms with Crippen LogP contribution in [0.15, 0.2) is 0 Å². The van der Waals surface area contributed by atoms with Gasteiger partial charge in [0.1, 0.15) is 6.17 Å². The number of likely N-dealkylation sites (N-methyl/N-ethyl adjacent to an activating group) is 1. The number of nitrogens with one attached hydrogen (secondary N) is 2. The quantitative estimate of drug-likeness (QED) is 0.284. The summed E-state index contributed by atoms with van der Waals surface area (Å²) in [5.74, 6) is 0. The Morgan fingerprint density at radius 3 is 2.09 bits per heavy atom. The Bertz CT molecular complexity index is 249. The average molecular weight is 324 g/mol. The second kappa shape index (κ2) is 16.6. The van der Waals surface area contributed by atoms with Gasteiger partial charge in [0.15, 0.2) is 0 Å².